The molecule has 1 unspecified atom stereocenters. The molecule has 0 aromatic heterocycles. The minimum atomic E-state index is -0.746. The Labute approximate surface area is 118 Å². The Morgan fingerprint density at radius 1 is 1.26 bits per heavy atom. The van der Waals surface area contributed by atoms with E-state index < -0.39 is 11.6 Å². The number of halogens is 3. The molecule has 0 bridgehead atoms. The van der Waals surface area contributed by atoms with E-state index in [-0.39, 0.29) is 12.4 Å². The molecule has 3 rings (SSSR count). The van der Waals surface area contributed by atoms with Gasteiger partial charge in [-0.2, -0.15) is 0 Å². The minimum absolute atomic E-state index is 0. The van der Waals surface area contributed by atoms with E-state index in [4.69, 9.17) is 0 Å². The summed E-state index contributed by atoms with van der Waals surface area (Å²) in [5.74, 6) is -1.44. The van der Waals surface area contributed by atoms with Gasteiger partial charge in [-0.1, -0.05) is 12.1 Å². The molecule has 5 heteroatoms. The van der Waals surface area contributed by atoms with E-state index in [1.54, 1.807) is 12.1 Å². The largest absolute Gasteiger partial charge is 0.316 e. The van der Waals surface area contributed by atoms with Crippen molar-refractivity contribution in [1.29, 1.82) is 0 Å². The highest BCUT2D eigenvalue weighted by molar-refractivity contribution is 5.85. The average Bonchev–Trinajstić information content (AvgIpc) is 2.97. The second kappa shape index (κ2) is 5.73. The lowest BCUT2D eigenvalue weighted by Crippen LogP contribution is -2.29. The van der Waals surface area contributed by atoms with Crippen LogP contribution in [0.15, 0.2) is 18.2 Å². The zero-order chi connectivity index (χ0) is 12.6. The third-order valence-electron chi connectivity index (χ3n) is 4.28. The molecule has 2 fully saturated rings. The van der Waals surface area contributed by atoms with E-state index in [1.165, 1.54) is 12.5 Å². The minimum Gasteiger partial charge on any atom is -0.316 e. The molecule has 2 nitrogen and oxygen atoms in total. The normalized spacial score (nSPS) is 26.8. The van der Waals surface area contributed by atoms with Gasteiger partial charge in [0.25, 0.3) is 0 Å². The Kier molecular flexibility index (Phi) is 4.43. The lowest BCUT2D eigenvalue weighted by Gasteiger charge is -2.23. The molecule has 2 aliphatic rings. The highest BCUT2D eigenvalue weighted by atomic mass is 35.5. The third kappa shape index (κ3) is 2.91. The van der Waals surface area contributed by atoms with E-state index >= 15 is 0 Å². The van der Waals surface area contributed by atoms with Gasteiger partial charge in [-0.3, -0.25) is 4.90 Å². The molecule has 19 heavy (non-hydrogen) atoms. The van der Waals surface area contributed by atoms with E-state index in [1.807, 2.05) is 0 Å². The van der Waals surface area contributed by atoms with Crippen molar-refractivity contribution < 1.29 is 8.78 Å². The lowest BCUT2D eigenvalue weighted by atomic mass is 9.86. The second-order valence-electron chi connectivity index (χ2n) is 5.60. The van der Waals surface area contributed by atoms with Gasteiger partial charge in [0.15, 0.2) is 11.6 Å². The smallest absolute Gasteiger partial charge is 0.163 e. The van der Waals surface area contributed by atoms with E-state index in [0.29, 0.717) is 17.5 Å². The molecule has 0 aliphatic carbocycles. The van der Waals surface area contributed by atoms with E-state index in [0.717, 1.165) is 32.6 Å². The van der Waals surface area contributed by atoms with Crippen LogP contribution >= 0.6 is 12.4 Å². The number of likely N-dealkylation sites (tertiary alicyclic amines) is 1. The summed E-state index contributed by atoms with van der Waals surface area (Å²) in [5.41, 5.74) is 0.849. The van der Waals surface area contributed by atoms with Crippen LogP contribution in [0.3, 0.4) is 0 Å². The van der Waals surface area contributed by atoms with Crippen molar-refractivity contribution in [3.8, 4) is 0 Å². The van der Waals surface area contributed by atoms with Gasteiger partial charge in [-0.15, -0.1) is 12.4 Å². The van der Waals surface area contributed by atoms with Crippen molar-refractivity contribution in [3.05, 3.63) is 35.4 Å². The number of nitrogens with one attached hydrogen (secondary N) is 1. The van der Waals surface area contributed by atoms with Crippen LogP contribution in [0, 0.1) is 17.0 Å². The summed E-state index contributed by atoms with van der Waals surface area (Å²) < 4.78 is 26.8. The molecule has 2 heterocycles. The first-order valence-electron chi connectivity index (χ1n) is 6.55. The second-order valence-corrected chi connectivity index (χ2v) is 5.60. The van der Waals surface area contributed by atoms with E-state index in [9.17, 15) is 8.78 Å². The zero-order valence-corrected chi connectivity index (χ0v) is 11.6. The molecule has 0 saturated carbocycles. The molecule has 106 valence electrons. The van der Waals surface area contributed by atoms with Crippen molar-refractivity contribution >= 4 is 12.4 Å². The van der Waals surface area contributed by atoms with Crippen LogP contribution < -0.4 is 5.32 Å². The summed E-state index contributed by atoms with van der Waals surface area (Å²) in [6.45, 7) is 4.65. The highest BCUT2D eigenvalue weighted by Gasteiger charge is 2.40. The number of rotatable bonds is 2. The van der Waals surface area contributed by atoms with Gasteiger partial charge in [0.1, 0.15) is 0 Å². The standard InChI is InChI=1S/C14H18F2N2.ClH/c15-12-3-1-2-11(13(12)16)8-18-7-5-14(10-18)4-6-17-9-14;/h1-3,17H,4-10H2;1H. The maximum atomic E-state index is 13.6. The fourth-order valence-electron chi connectivity index (χ4n) is 3.22. The number of benzene rings is 1. The molecule has 1 aromatic rings. The van der Waals surface area contributed by atoms with Crippen LogP contribution in [-0.4, -0.2) is 31.1 Å². The highest BCUT2D eigenvalue weighted by Crippen LogP contribution is 2.36. The van der Waals surface area contributed by atoms with Crippen molar-refractivity contribution in [2.75, 3.05) is 26.2 Å². The molecule has 0 amide bonds. The monoisotopic (exact) mass is 288 g/mol. The quantitative estimate of drug-likeness (QED) is 0.900. The Hall–Kier alpha value is -0.710. The van der Waals surface area contributed by atoms with Gasteiger partial charge >= 0.3 is 0 Å². The summed E-state index contributed by atoms with van der Waals surface area (Å²) in [5, 5.41) is 3.40. The number of hydrogen-bond donors (Lipinski definition) is 1. The predicted molar refractivity (Wildman–Crippen MR) is 73.4 cm³/mol. The van der Waals surface area contributed by atoms with Crippen molar-refractivity contribution in [1.82, 2.24) is 10.2 Å². The van der Waals surface area contributed by atoms with Crippen molar-refractivity contribution in [2.24, 2.45) is 5.41 Å². The van der Waals surface area contributed by atoms with Gasteiger partial charge in [-0.25, -0.2) is 8.78 Å². The Balaban J connectivity index is 0.00000133. The average molecular weight is 289 g/mol. The topological polar surface area (TPSA) is 15.3 Å². The lowest BCUT2D eigenvalue weighted by molar-refractivity contribution is 0.265. The SMILES string of the molecule is Cl.Fc1cccc(CN2CCC3(CCNC3)C2)c1F. The summed E-state index contributed by atoms with van der Waals surface area (Å²) in [6.07, 6.45) is 2.37. The summed E-state index contributed by atoms with van der Waals surface area (Å²) in [7, 11) is 0. The molecular weight excluding hydrogens is 270 g/mol. The molecule has 2 saturated heterocycles. The number of hydrogen-bond acceptors (Lipinski definition) is 2. The maximum absolute atomic E-state index is 13.6. The predicted octanol–water partition coefficient (Wildman–Crippen LogP) is 2.57. The summed E-state index contributed by atoms with van der Waals surface area (Å²) >= 11 is 0. The van der Waals surface area contributed by atoms with Crippen LogP contribution in [0.4, 0.5) is 8.78 Å². The van der Waals surface area contributed by atoms with Crippen molar-refractivity contribution in [3.63, 3.8) is 0 Å². The molecule has 1 spiro atoms. The molecule has 1 atom stereocenters. The fourth-order valence-corrected chi connectivity index (χ4v) is 3.22. The van der Waals surface area contributed by atoms with Crippen LogP contribution in [0.2, 0.25) is 0 Å². The number of nitrogens with zero attached hydrogens (tertiary/aromatic N) is 1. The maximum Gasteiger partial charge on any atom is 0.163 e. The van der Waals surface area contributed by atoms with E-state index in [2.05, 4.69) is 10.2 Å². The van der Waals surface area contributed by atoms with Crippen LogP contribution in [0.5, 0.6) is 0 Å². The van der Waals surface area contributed by atoms with Crippen LogP contribution in [0.25, 0.3) is 0 Å². The summed E-state index contributed by atoms with van der Waals surface area (Å²) in [6, 6.07) is 4.43. The van der Waals surface area contributed by atoms with Gasteiger partial charge in [0.05, 0.1) is 0 Å². The summed E-state index contributed by atoms with van der Waals surface area (Å²) in [4.78, 5) is 2.24. The molecule has 1 aromatic carbocycles. The van der Waals surface area contributed by atoms with Gasteiger partial charge in [-0.05, 0) is 37.4 Å². The molecule has 2 aliphatic heterocycles. The van der Waals surface area contributed by atoms with Gasteiger partial charge < -0.3 is 5.32 Å². The van der Waals surface area contributed by atoms with Gasteiger partial charge in [0.2, 0.25) is 0 Å². The van der Waals surface area contributed by atoms with Crippen LogP contribution in [0.1, 0.15) is 18.4 Å². The first-order valence-corrected chi connectivity index (χ1v) is 6.55. The Morgan fingerprint density at radius 2 is 2.11 bits per heavy atom. The van der Waals surface area contributed by atoms with Crippen LogP contribution in [-0.2, 0) is 6.54 Å². The third-order valence-corrected chi connectivity index (χ3v) is 4.28. The van der Waals surface area contributed by atoms with Gasteiger partial charge in [0, 0.05) is 25.2 Å². The molecule has 0 radical (unpaired) electrons. The van der Waals surface area contributed by atoms with Crippen molar-refractivity contribution in [2.45, 2.75) is 19.4 Å². The fraction of sp³-hybridized carbons (Fsp3) is 0.571. The Morgan fingerprint density at radius 3 is 2.84 bits per heavy atom. The Bertz CT molecular complexity index is 447. The first-order chi connectivity index (χ1) is 8.69. The molecule has 1 N–H and O–H groups in total. The first kappa shape index (κ1) is 14.7. The zero-order valence-electron chi connectivity index (χ0n) is 10.8. The molecular formula is C14H19ClF2N2.